The van der Waals surface area contributed by atoms with Crippen LogP contribution in [-0.4, -0.2) is 11.1 Å². The molecule has 2 nitrogen and oxygen atoms in total. The number of hydrogen-bond acceptors (Lipinski definition) is 1. The van der Waals surface area contributed by atoms with Crippen LogP contribution in [0.25, 0.3) is 22.0 Å². The van der Waals surface area contributed by atoms with Crippen LogP contribution in [0.15, 0.2) is 48.7 Å². The van der Waals surface area contributed by atoms with Gasteiger partial charge in [-0.2, -0.15) is 0 Å². The average molecular weight is 306 g/mol. The Balaban J connectivity index is 2.13. The average Bonchev–Trinajstić information content (AvgIpc) is 2.84. The van der Waals surface area contributed by atoms with Crippen LogP contribution in [0, 0.1) is 12.8 Å². The molecule has 0 atom stereocenters. The van der Waals surface area contributed by atoms with E-state index in [0.717, 1.165) is 13.0 Å². The summed E-state index contributed by atoms with van der Waals surface area (Å²) in [5.74, 6) is 0.624. The lowest BCUT2D eigenvalue weighted by Crippen LogP contribution is -2.04. The highest BCUT2D eigenvalue weighted by molar-refractivity contribution is 5.88. The standard InChI is InChI=1S/C21H26N2/c1-15(2)13-23-14-19(9-10-22)20-8-7-18(12-21(20)23)17-6-4-5-16(3)11-17/h4-8,11-12,14-15H,9-10,13,22H2,1-3H3. The lowest BCUT2D eigenvalue weighted by molar-refractivity contribution is 0.534. The number of nitrogens with two attached hydrogens (primary N) is 1. The van der Waals surface area contributed by atoms with E-state index in [1.165, 1.54) is 33.2 Å². The van der Waals surface area contributed by atoms with E-state index in [1.807, 2.05) is 0 Å². The highest BCUT2D eigenvalue weighted by Gasteiger charge is 2.10. The SMILES string of the molecule is Cc1cccc(-c2ccc3c(CCN)cn(CC(C)C)c3c2)c1. The van der Waals surface area contributed by atoms with Gasteiger partial charge in [0.05, 0.1) is 0 Å². The zero-order chi connectivity index (χ0) is 16.4. The van der Waals surface area contributed by atoms with Gasteiger partial charge in [-0.15, -0.1) is 0 Å². The van der Waals surface area contributed by atoms with Crippen LogP contribution in [0.4, 0.5) is 0 Å². The Labute approximate surface area is 138 Å². The van der Waals surface area contributed by atoms with Crippen LogP contribution in [0.5, 0.6) is 0 Å². The Hall–Kier alpha value is -2.06. The predicted molar refractivity (Wildman–Crippen MR) is 99.7 cm³/mol. The van der Waals surface area contributed by atoms with Gasteiger partial charge in [-0.3, -0.25) is 0 Å². The van der Waals surface area contributed by atoms with Gasteiger partial charge < -0.3 is 10.3 Å². The molecular formula is C21H26N2. The molecule has 0 radical (unpaired) electrons. The maximum Gasteiger partial charge on any atom is 0.0489 e. The summed E-state index contributed by atoms with van der Waals surface area (Å²) >= 11 is 0. The summed E-state index contributed by atoms with van der Waals surface area (Å²) in [5, 5.41) is 1.34. The molecule has 0 aliphatic rings. The second-order valence-corrected chi connectivity index (χ2v) is 6.84. The number of aromatic nitrogens is 1. The molecule has 0 saturated heterocycles. The first-order valence-corrected chi connectivity index (χ1v) is 8.47. The summed E-state index contributed by atoms with van der Waals surface area (Å²) in [4.78, 5) is 0. The molecule has 0 amide bonds. The van der Waals surface area contributed by atoms with E-state index in [2.05, 4.69) is 74.0 Å². The lowest BCUT2D eigenvalue weighted by Gasteiger charge is -2.10. The smallest absolute Gasteiger partial charge is 0.0489 e. The van der Waals surface area contributed by atoms with Crippen LogP contribution in [0.1, 0.15) is 25.0 Å². The van der Waals surface area contributed by atoms with E-state index in [1.54, 1.807) is 0 Å². The van der Waals surface area contributed by atoms with Crippen LogP contribution >= 0.6 is 0 Å². The van der Waals surface area contributed by atoms with E-state index >= 15 is 0 Å². The monoisotopic (exact) mass is 306 g/mol. The molecule has 23 heavy (non-hydrogen) atoms. The third-order valence-electron chi connectivity index (χ3n) is 4.29. The minimum atomic E-state index is 0.624. The van der Waals surface area contributed by atoms with Crippen LogP contribution in [-0.2, 0) is 13.0 Å². The van der Waals surface area contributed by atoms with Crippen molar-refractivity contribution in [3.63, 3.8) is 0 Å². The molecule has 2 N–H and O–H groups in total. The molecule has 0 unspecified atom stereocenters. The number of benzene rings is 2. The largest absolute Gasteiger partial charge is 0.347 e. The minimum Gasteiger partial charge on any atom is -0.347 e. The molecule has 0 aliphatic heterocycles. The predicted octanol–water partition coefficient (Wildman–Crippen LogP) is 4.77. The number of aryl methyl sites for hydroxylation is 1. The fourth-order valence-corrected chi connectivity index (χ4v) is 3.27. The van der Waals surface area contributed by atoms with Crippen LogP contribution in [0.2, 0.25) is 0 Å². The Kier molecular flexibility index (Phi) is 4.53. The second kappa shape index (κ2) is 6.59. The Morgan fingerprint density at radius 2 is 1.83 bits per heavy atom. The van der Waals surface area contributed by atoms with Crippen molar-refractivity contribution in [2.45, 2.75) is 33.7 Å². The zero-order valence-corrected chi connectivity index (χ0v) is 14.3. The molecule has 1 aromatic heterocycles. The molecule has 3 aromatic rings. The van der Waals surface area contributed by atoms with Gasteiger partial charge in [-0.05, 0) is 48.6 Å². The van der Waals surface area contributed by atoms with Crippen LogP contribution in [0.3, 0.4) is 0 Å². The molecule has 0 spiro atoms. The summed E-state index contributed by atoms with van der Waals surface area (Å²) in [5.41, 5.74) is 12.3. The first-order valence-electron chi connectivity index (χ1n) is 8.47. The lowest BCUT2D eigenvalue weighted by atomic mass is 10.0. The Morgan fingerprint density at radius 3 is 2.52 bits per heavy atom. The van der Waals surface area contributed by atoms with Crippen molar-refractivity contribution in [2.75, 3.05) is 6.54 Å². The summed E-state index contributed by atoms with van der Waals surface area (Å²) in [6.07, 6.45) is 3.23. The quantitative estimate of drug-likeness (QED) is 0.723. The summed E-state index contributed by atoms with van der Waals surface area (Å²) in [6, 6.07) is 15.5. The van der Waals surface area contributed by atoms with Gasteiger partial charge in [0.1, 0.15) is 0 Å². The van der Waals surface area contributed by atoms with Crippen molar-refractivity contribution in [1.82, 2.24) is 4.57 Å². The first-order chi connectivity index (χ1) is 11.1. The van der Waals surface area contributed by atoms with E-state index < -0.39 is 0 Å². The van der Waals surface area contributed by atoms with Gasteiger partial charge in [-0.25, -0.2) is 0 Å². The molecule has 0 fully saturated rings. The fourth-order valence-electron chi connectivity index (χ4n) is 3.27. The van der Waals surface area contributed by atoms with Gasteiger partial charge in [-0.1, -0.05) is 55.8 Å². The van der Waals surface area contributed by atoms with Gasteiger partial charge in [0.25, 0.3) is 0 Å². The molecule has 0 aliphatic carbocycles. The summed E-state index contributed by atoms with van der Waals surface area (Å²) in [6.45, 7) is 8.40. The maximum atomic E-state index is 5.79. The molecule has 120 valence electrons. The van der Waals surface area contributed by atoms with Crippen molar-refractivity contribution in [3.8, 4) is 11.1 Å². The second-order valence-electron chi connectivity index (χ2n) is 6.84. The third kappa shape index (κ3) is 3.32. The van der Waals surface area contributed by atoms with E-state index in [4.69, 9.17) is 5.73 Å². The minimum absolute atomic E-state index is 0.624. The van der Waals surface area contributed by atoms with E-state index in [9.17, 15) is 0 Å². The van der Waals surface area contributed by atoms with E-state index in [0.29, 0.717) is 12.5 Å². The number of fused-ring (bicyclic) bond motifs is 1. The zero-order valence-electron chi connectivity index (χ0n) is 14.3. The summed E-state index contributed by atoms with van der Waals surface area (Å²) < 4.78 is 2.39. The molecule has 3 rings (SSSR count). The molecule has 2 aromatic carbocycles. The van der Waals surface area contributed by atoms with Crippen molar-refractivity contribution in [3.05, 3.63) is 59.8 Å². The number of nitrogens with zero attached hydrogens (tertiary/aromatic N) is 1. The highest BCUT2D eigenvalue weighted by Crippen LogP contribution is 2.29. The van der Waals surface area contributed by atoms with Crippen LogP contribution < -0.4 is 5.73 Å². The Morgan fingerprint density at radius 1 is 1.04 bits per heavy atom. The van der Waals surface area contributed by atoms with Gasteiger partial charge in [0.15, 0.2) is 0 Å². The molecular weight excluding hydrogens is 280 g/mol. The van der Waals surface area contributed by atoms with Gasteiger partial charge in [0, 0.05) is 23.6 Å². The maximum absolute atomic E-state index is 5.79. The molecule has 2 heteroatoms. The normalized spacial score (nSPS) is 11.5. The van der Waals surface area contributed by atoms with Crippen molar-refractivity contribution >= 4 is 10.9 Å². The van der Waals surface area contributed by atoms with E-state index in [-0.39, 0.29) is 0 Å². The first kappa shape index (κ1) is 15.8. The van der Waals surface area contributed by atoms with Crippen molar-refractivity contribution < 1.29 is 0 Å². The molecule has 0 saturated carbocycles. The van der Waals surface area contributed by atoms with Gasteiger partial charge >= 0.3 is 0 Å². The topological polar surface area (TPSA) is 30.9 Å². The Bertz CT molecular complexity index is 812. The fraction of sp³-hybridized carbons (Fsp3) is 0.333. The van der Waals surface area contributed by atoms with Crippen molar-refractivity contribution in [1.29, 1.82) is 0 Å². The summed E-state index contributed by atoms with van der Waals surface area (Å²) in [7, 11) is 0. The number of hydrogen-bond donors (Lipinski definition) is 1. The number of rotatable bonds is 5. The third-order valence-corrected chi connectivity index (χ3v) is 4.29. The van der Waals surface area contributed by atoms with Crippen molar-refractivity contribution in [2.24, 2.45) is 11.7 Å². The molecule has 0 bridgehead atoms. The molecule has 1 heterocycles. The highest BCUT2D eigenvalue weighted by atomic mass is 15.0. The van der Waals surface area contributed by atoms with Gasteiger partial charge in [0.2, 0.25) is 0 Å².